The first-order valence-electron chi connectivity index (χ1n) is 22.6. The molecule has 0 radical (unpaired) electrons. The molecule has 9 rings (SSSR count). The molecule has 4 atom stereocenters. The molecule has 3 fully saturated rings. The van der Waals surface area contributed by atoms with Crippen LogP contribution in [0.15, 0.2) is 73.1 Å². The van der Waals surface area contributed by atoms with Crippen molar-refractivity contribution in [3.8, 4) is 44.8 Å². The van der Waals surface area contributed by atoms with Gasteiger partial charge in [0.1, 0.15) is 23.7 Å². The molecule has 4 N–H and O–H groups in total. The summed E-state index contributed by atoms with van der Waals surface area (Å²) in [5.41, 5.74) is 4.87. The van der Waals surface area contributed by atoms with Gasteiger partial charge in [-0.3, -0.25) is 9.59 Å². The maximum absolute atomic E-state index is 16.5. The van der Waals surface area contributed by atoms with E-state index in [9.17, 15) is 19.2 Å². The van der Waals surface area contributed by atoms with Gasteiger partial charge in [-0.2, -0.15) is 8.78 Å². The Balaban J connectivity index is 0.891. The topological polar surface area (TPSA) is 184 Å². The Morgan fingerprint density at radius 3 is 1.77 bits per heavy atom. The highest BCUT2D eigenvalue weighted by Gasteiger charge is 2.45. The standard InChI is InChI=1S/C49H54F2N8O7/c1-27(2)41(56-47(62)64-3)45(60)58-19-5-7-39(58)44-53-26-38(55-44)32-14-16-34-33-15-13-31(23-35(33)49(50,51)36(34)24-32)28-9-11-29(12-10-28)37-25-52-43(54-37)40-8-6-20-59(40)46(61)42(57-48(63)65-4)30-17-21-66-22-18-30/h9-16,23-27,30,39-42H,5-8,17-22H2,1-4H3,(H,52,54)(H,53,55)(H,56,62)(H,57,63)/t39-,40-,41-,42?/m0/s1. The van der Waals surface area contributed by atoms with Crippen LogP contribution in [0.25, 0.3) is 44.8 Å². The van der Waals surface area contributed by atoms with Gasteiger partial charge >= 0.3 is 12.2 Å². The van der Waals surface area contributed by atoms with Crippen LogP contribution < -0.4 is 10.6 Å². The monoisotopic (exact) mass is 904 g/mol. The van der Waals surface area contributed by atoms with E-state index in [1.54, 1.807) is 46.5 Å². The van der Waals surface area contributed by atoms with Crippen molar-refractivity contribution >= 4 is 24.0 Å². The minimum absolute atomic E-state index is 0.0704. The van der Waals surface area contributed by atoms with Crippen LogP contribution >= 0.6 is 0 Å². The molecule has 2 aromatic heterocycles. The number of methoxy groups -OCH3 is 2. The number of carbonyl (C=O) groups is 4. The Bertz CT molecular complexity index is 2620. The summed E-state index contributed by atoms with van der Waals surface area (Å²) in [6, 6.07) is 15.7. The maximum Gasteiger partial charge on any atom is 0.407 e. The predicted molar refractivity (Wildman–Crippen MR) is 240 cm³/mol. The van der Waals surface area contributed by atoms with E-state index in [1.807, 2.05) is 44.2 Å². The number of imidazole rings is 2. The number of alkyl carbamates (subject to hydrolysis) is 2. The fourth-order valence-electron chi connectivity index (χ4n) is 10.0. The third kappa shape index (κ3) is 8.40. The number of hydrogen-bond donors (Lipinski definition) is 4. The number of H-pyrrole nitrogens is 2. The third-order valence-corrected chi connectivity index (χ3v) is 13.6. The minimum atomic E-state index is -3.27. The highest BCUT2D eigenvalue weighted by molar-refractivity contribution is 5.88. The van der Waals surface area contributed by atoms with Crippen molar-refractivity contribution in [1.29, 1.82) is 0 Å². The number of carbonyl (C=O) groups excluding carboxylic acids is 4. The van der Waals surface area contributed by atoms with Gasteiger partial charge in [-0.1, -0.05) is 62.4 Å². The Morgan fingerprint density at radius 1 is 0.697 bits per heavy atom. The fraction of sp³-hybridized carbons (Fsp3) is 0.429. The molecule has 17 heteroatoms. The number of nitrogens with zero attached hydrogens (tertiary/aromatic N) is 4. The van der Waals surface area contributed by atoms with Crippen molar-refractivity contribution in [3.05, 3.63) is 95.8 Å². The number of alkyl halides is 2. The molecular formula is C49H54F2N8O7. The lowest BCUT2D eigenvalue weighted by Gasteiger charge is -2.34. The Morgan fingerprint density at radius 2 is 1.20 bits per heavy atom. The minimum Gasteiger partial charge on any atom is -0.453 e. The van der Waals surface area contributed by atoms with Crippen molar-refractivity contribution in [2.45, 2.75) is 82.5 Å². The maximum atomic E-state index is 16.5. The number of hydrogen-bond acceptors (Lipinski definition) is 9. The van der Waals surface area contributed by atoms with E-state index in [1.165, 1.54) is 20.3 Å². The van der Waals surface area contributed by atoms with E-state index < -0.39 is 30.2 Å². The van der Waals surface area contributed by atoms with Crippen LogP contribution in [0.1, 0.15) is 87.2 Å². The highest BCUT2D eigenvalue weighted by atomic mass is 19.3. The molecule has 4 aliphatic rings. The molecule has 0 saturated carbocycles. The number of rotatable bonds is 11. The van der Waals surface area contributed by atoms with Gasteiger partial charge in [-0.05, 0) is 90.3 Å². The zero-order chi connectivity index (χ0) is 46.3. The summed E-state index contributed by atoms with van der Waals surface area (Å²) >= 11 is 0. The number of likely N-dealkylation sites (tertiary alicyclic amines) is 2. The van der Waals surface area contributed by atoms with Crippen LogP contribution in [0, 0.1) is 11.8 Å². The number of fused-ring (bicyclic) bond motifs is 3. The lowest BCUT2D eigenvalue weighted by molar-refractivity contribution is -0.137. The molecule has 3 saturated heterocycles. The van der Waals surface area contributed by atoms with Gasteiger partial charge in [0.25, 0.3) is 5.92 Å². The summed E-state index contributed by atoms with van der Waals surface area (Å²) in [4.78, 5) is 71.5. The number of halogens is 2. The van der Waals surface area contributed by atoms with Crippen LogP contribution in [0.5, 0.6) is 0 Å². The molecular weight excluding hydrogens is 851 g/mol. The molecule has 1 aliphatic carbocycles. The second kappa shape index (κ2) is 18.3. The molecule has 0 spiro atoms. The van der Waals surface area contributed by atoms with E-state index in [0.29, 0.717) is 85.2 Å². The molecule has 3 aromatic carbocycles. The van der Waals surface area contributed by atoms with Gasteiger partial charge in [0.05, 0.1) is 50.1 Å². The van der Waals surface area contributed by atoms with Gasteiger partial charge in [-0.25, -0.2) is 19.6 Å². The molecule has 66 heavy (non-hydrogen) atoms. The fourth-order valence-corrected chi connectivity index (χ4v) is 10.0. The van der Waals surface area contributed by atoms with E-state index in [2.05, 4.69) is 30.6 Å². The lowest BCUT2D eigenvalue weighted by atomic mass is 9.90. The number of ether oxygens (including phenoxy) is 3. The molecule has 0 bridgehead atoms. The largest absolute Gasteiger partial charge is 0.453 e. The smallest absolute Gasteiger partial charge is 0.407 e. The molecule has 1 unspecified atom stereocenters. The van der Waals surface area contributed by atoms with E-state index in [0.717, 1.165) is 36.1 Å². The SMILES string of the molecule is COC(=O)NC(C(=O)N1CCC[C@H]1c1ncc(-c2ccc(-c3ccc4c(c3)C(F)(F)c3cc(-c5cnc([C@@H]6CCCN6C(=O)[C@@H](NC(=O)OC)C(C)C)[nH]5)ccc3-4)cc2)[nH]1)C1CCOCC1. The molecule has 4 amide bonds. The summed E-state index contributed by atoms with van der Waals surface area (Å²) in [7, 11) is 2.54. The Kier molecular flexibility index (Phi) is 12.4. The molecule has 5 heterocycles. The zero-order valence-electron chi connectivity index (χ0n) is 37.4. The van der Waals surface area contributed by atoms with E-state index >= 15 is 8.78 Å². The quantitative estimate of drug-likeness (QED) is 0.102. The van der Waals surface area contributed by atoms with Crippen molar-refractivity contribution in [2.75, 3.05) is 40.5 Å². The second-order valence-corrected chi connectivity index (χ2v) is 17.8. The molecule has 346 valence electrons. The first-order valence-corrected chi connectivity index (χ1v) is 22.6. The first-order chi connectivity index (χ1) is 31.9. The van der Waals surface area contributed by atoms with Gasteiger partial charge in [-0.15, -0.1) is 0 Å². The highest BCUT2D eigenvalue weighted by Crippen LogP contribution is 2.53. The summed E-state index contributed by atoms with van der Waals surface area (Å²) in [6.07, 6.45) is 6.25. The number of amides is 4. The summed E-state index contributed by atoms with van der Waals surface area (Å²) in [5.74, 6) is -2.72. The first kappa shape index (κ1) is 44.6. The normalized spacial score (nSPS) is 19.9. The lowest BCUT2D eigenvalue weighted by Crippen LogP contribution is -2.53. The average molecular weight is 905 g/mol. The summed E-state index contributed by atoms with van der Waals surface area (Å²) in [6.45, 7) is 5.79. The van der Waals surface area contributed by atoms with E-state index in [-0.39, 0.29) is 46.9 Å². The third-order valence-electron chi connectivity index (χ3n) is 13.6. The zero-order valence-corrected chi connectivity index (χ0v) is 37.4. The van der Waals surface area contributed by atoms with Crippen LogP contribution in [0.4, 0.5) is 18.4 Å². The van der Waals surface area contributed by atoms with Crippen molar-refractivity contribution in [2.24, 2.45) is 11.8 Å². The number of aromatic nitrogens is 4. The van der Waals surface area contributed by atoms with Crippen LogP contribution in [-0.2, 0) is 29.7 Å². The molecule has 15 nitrogen and oxygen atoms in total. The molecule has 3 aliphatic heterocycles. The van der Waals surface area contributed by atoms with Gasteiger partial charge in [0.2, 0.25) is 11.8 Å². The molecule has 5 aromatic rings. The van der Waals surface area contributed by atoms with Crippen LogP contribution in [0.3, 0.4) is 0 Å². The summed E-state index contributed by atoms with van der Waals surface area (Å²) in [5, 5.41) is 5.44. The average Bonchev–Trinajstić information content (AvgIpc) is 4.20. The van der Waals surface area contributed by atoms with Gasteiger partial charge < -0.3 is 44.6 Å². The Labute approximate surface area is 381 Å². The number of nitrogens with one attached hydrogen (secondary N) is 4. The van der Waals surface area contributed by atoms with Crippen molar-refractivity contribution < 1.29 is 42.2 Å². The van der Waals surface area contributed by atoms with Crippen molar-refractivity contribution in [3.63, 3.8) is 0 Å². The van der Waals surface area contributed by atoms with Crippen molar-refractivity contribution in [1.82, 2.24) is 40.4 Å². The van der Waals surface area contributed by atoms with E-state index in [4.69, 9.17) is 14.2 Å². The predicted octanol–water partition coefficient (Wildman–Crippen LogP) is 8.11. The number of aromatic amines is 2. The van der Waals surface area contributed by atoms with Crippen LogP contribution in [0.2, 0.25) is 0 Å². The van der Waals surface area contributed by atoms with Gasteiger partial charge in [0.15, 0.2) is 0 Å². The second-order valence-electron chi connectivity index (χ2n) is 17.8. The Hall–Kier alpha value is -6.62. The van der Waals surface area contributed by atoms with Crippen LogP contribution in [-0.4, -0.2) is 106 Å². The van der Waals surface area contributed by atoms with Gasteiger partial charge in [0, 0.05) is 43.0 Å². The number of benzene rings is 3. The summed E-state index contributed by atoms with van der Waals surface area (Å²) < 4.78 is 48.1.